The van der Waals surface area contributed by atoms with Gasteiger partial charge in [0.15, 0.2) is 0 Å². The summed E-state index contributed by atoms with van der Waals surface area (Å²) in [7, 11) is 0. The van der Waals surface area contributed by atoms with Crippen molar-refractivity contribution in [1.82, 2.24) is 10.6 Å². The molecule has 0 aliphatic carbocycles. The smallest absolute Gasteiger partial charge is 0.0302 e. The van der Waals surface area contributed by atoms with Gasteiger partial charge in [0, 0.05) is 24.5 Å². The molecule has 0 bridgehead atoms. The lowest BCUT2D eigenvalue weighted by Gasteiger charge is -2.34. The normalized spacial score (nSPS) is 25.9. The molecule has 2 rings (SSSR count). The Labute approximate surface area is 102 Å². The molecule has 1 aliphatic heterocycles. The highest BCUT2D eigenvalue weighted by Gasteiger charge is 2.25. The largest absolute Gasteiger partial charge is 0.316 e. The predicted molar refractivity (Wildman–Crippen MR) is 71.0 cm³/mol. The van der Waals surface area contributed by atoms with Gasteiger partial charge in [0.05, 0.1) is 0 Å². The van der Waals surface area contributed by atoms with Gasteiger partial charge < -0.3 is 10.6 Å². The van der Waals surface area contributed by atoms with Crippen molar-refractivity contribution in [2.24, 2.45) is 5.41 Å². The molecule has 0 radical (unpaired) electrons. The Morgan fingerprint density at radius 1 is 1.56 bits per heavy atom. The number of hydrogen-bond donors (Lipinski definition) is 2. The molecule has 0 saturated carbocycles. The third kappa shape index (κ3) is 3.06. The lowest BCUT2D eigenvalue weighted by Crippen LogP contribution is -2.44. The fourth-order valence-corrected chi connectivity index (χ4v) is 3.21. The van der Waals surface area contributed by atoms with Crippen LogP contribution in [0.25, 0.3) is 0 Å². The van der Waals surface area contributed by atoms with Crippen molar-refractivity contribution >= 4 is 11.3 Å². The summed E-state index contributed by atoms with van der Waals surface area (Å²) < 4.78 is 0. The van der Waals surface area contributed by atoms with E-state index in [-0.39, 0.29) is 0 Å². The third-order valence-corrected chi connectivity index (χ3v) is 4.51. The summed E-state index contributed by atoms with van der Waals surface area (Å²) in [5.41, 5.74) is 1.87. The van der Waals surface area contributed by atoms with E-state index in [1.165, 1.54) is 29.8 Å². The van der Waals surface area contributed by atoms with Crippen molar-refractivity contribution in [2.45, 2.75) is 33.2 Å². The van der Waals surface area contributed by atoms with Gasteiger partial charge >= 0.3 is 0 Å². The van der Waals surface area contributed by atoms with Gasteiger partial charge in [0.25, 0.3) is 0 Å². The van der Waals surface area contributed by atoms with Crippen LogP contribution in [0.15, 0.2) is 11.4 Å². The molecule has 16 heavy (non-hydrogen) atoms. The summed E-state index contributed by atoms with van der Waals surface area (Å²) in [5.74, 6) is 0. The summed E-state index contributed by atoms with van der Waals surface area (Å²) in [6, 6.07) is 2.20. The first kappa shape index (κ1) is 12.1. The van der Waals surface area contributed by atoms with E-state index >= 15 is 0 Å². The van der Waals surface area contributed by atoms with Gasteiger partial charge in [0.2, 0.25) is 0 Å². The summed E-state index contributed by atoms with van der Waals surface area (Å²) in [6.45, 7) is 9.07. The molecule has 1 aliphatic rings. The minimum absolute atomic E-state index is 0.448. The second-order valence-corrected chi connectivity index (χ2v) is 6.22. The molecule has 0 amide bonds. The number of thiophene rings is 1. The van der Waals surface area contributed by atoms with Gasteiger partial charge in [-0.2, -0.15) is 0 Å². The van der Waals surface area contributed by atoms with Gasteiger partial charge in [-0.05, 0) is 48.7 Å². The van der Waals surface area contributed by atoms with Gasteiger partial charge in [-0.15, -0.1) is 11.3 Å². The topological polar surface area (TPSA) is 24.1 Å². The van der Waals surface area contributed by atoms with E-state index in [2.05, 4.69) is 35.9 Å². The number of rotatable bonds is 4. The average molecular weight is 238 g/mol. The molecule has 1 unspecified atom stereocenters. The molecule has 0 spiro atoms. The van der Waals surface area contributed by atoms with Crippen LogP contribution in [0.3, 0.4) is 0 Å². The molecule has 1 aromatic heterocycles. The molecule has 1 fully saturated rings. The van der Waals surface area contributed by atoms with Gasteiger partial charge in [-0.25, -0.2) is 0 Å². The van der Waals surface area contributed by atoms with Crippen molar-refractivity contribution < 1.29 is 0 Å². The van der Waals surface area contributed by atoms with Gasteiger partial charge in [-0.1, -0.05) is 6.92 Å². The van der Waals surface area contributed by atoms with Crippen LogP contribution in [0.2, 0.25) is 0 Å². The van der Waals surface area contributed by atoms with Crippen LogP contribution in [-0.4, -0.2) is 19.6 Å². The van der Waals surface area contributed by atoms with Crippen molar-refractivity contribution in [3.8, 4) is 0 Å². The second kappa shape index (κ2) is 5.30. The quantitative estimate of drug-likeness (QED) is 0.842. The van der Waals surface area contributed by atoms with Crippen LogP contribution in [0.1, 0.15) is 30.2 Å². The molecule has 2 N–H and O–H groups in total. The second-order valence-electron chi connectivity index (χ2n) is 5.22. The zero-order valence-corrected chi connectivity index (χ0v) is 11.1. The van der Waals surface area contributed by atoms with E-state index in [1.54, 1.807) is 0 Å². The maximum Gasteiger partial charge on any atom is 0.0302 e. The lowest BCUT2D eigenvalue weighted by molar-refractivity contribution is 0.226. The number of aryl methyl sites for hydroxylation is 1. The van der Waals surface area contributed by atoms with Crippen molar-refractivity contribution in [2.75, 3.05) is 19.6 Å². The van der Waals surface area contributed by atoms with E-state index in [0.717, 1.165) is 19.6 Å². The van der Waals surface area contributed by atoms with Crippen LogP contribution in [0.5, 0.6) is 0 Å². The SMILES string of the molecule is Cc1ccsc1CNCC1(C)CCCNC1. The van der Waals surface area contributed by atoms with Gasteiger partial charge in [0.1, 0.15) is 0 Å². The van der Waals surface area contributed by atoms with Crippen LogP contribution >= 0.6 is 11.3 Å². The first-order chi connectivity index (χ1) is 7.70. The third-order valence-electron chi connectivity index (χ3n) is 3.49. The zero-order valence-electron chi connectivity index (χ0n) is 10.3. The molecule has 3 heteroatoms. The summed E-state index contributed by atoms with van der Waals surface area (Å²) >= 11 is 1.86. The Morgan fingerprint density at radius 3 is 3.06 bits per heavy atom. The lowest BCUT2D eigenvalue weighted by atomic mass is 9.83. The van der Waals surface area contributed by atoms with Crippen molar-refractivity contribution in [3.63, 3.8) is 0 Å². The predicted octanol–water partition coefficient (Wildman–Crippen LogP) is 2.54. The first-order valence-electron chi connectivity index (χ1n) is 6.14. The maximum atomic E-state index is 3.61. The molecular weight excluding hydrogens is 216 g/mol. The van der Waals surface area contributed by atoms with Crippen LogP contribution in [0.4, 0.5) is 0 Å². The molecule has 1 saturated heterocycles. The van der Waals surface area contributed by atoms with E-state index in [0.29, 0.717) is 5.41 Å². The molecule has 2 heterocycles. The Kier molecular flexibility index (Phi) is 4.00. The van der Waals surface area contributed by atoms with Crippen molar-refractivity contribution in [1.29, 1.82) is 0 Å². The minimum atomic E-state index is 0.448. The van der Waals surface area contributed by atoms with E-state index in [4.69, 9.17) is 0 Å². The van der Waals surface area contributed by atoms with E-state index < -0.39 is 0 Å². The molecular formula is C13H22N2S. The molecule has 2 nitrogen and oxygen atoms in total. The minimum Gasteiger partial charge on any atom is -0.316 e. The molecule has 90 valence electrons. The van der Waals surface area contributed by atoms with E-state index in [1.807, 2.05) is 11.3 Å². The molecule has 1 aromatic rings. The maximum absolute atomic E-state index is 3.61. The number of hydrogen-bond acceptors (Lipinski definition) is 3. The summed E-state index contributed by atoms with van der Waals surface area (Å²) in [5, 5.41) is 9.28. The Hall–Kier alpha value is -0.380. The fraction of sp³-hybridized carbons (Fsp3) is 0.692. The molecule has 1 atom stereocenters. The monoisotopic (exact) mass is 238 g/mol. The summed E-state index contributed by atoms with van der Waals surface area (Å²) in [4.78, 5) is 1.48. The summed E-state index contributed by atoms with van der Waals surface area (Å²) in [6.07, 6.45) is 2.66. The van der Waals surface area contributed by atoms with E-state index in [9.17, 15) is 0 Å². The highest BCUT2D eigenvalue weighted by Crippen LogP contribution is 2.24. The molecule has 0 aromatic carbocycles. The Bertz CT molecular complexity index is 326. The average Bonchev–Trinajstić information content (AvgIpc) is 2.65. The van der Waals surface area contributed by atoms with Crippen LogP contribution in [-0.2, 0) is 6.54 Å². The highest BCUT2D eigenvalue weighted by molar-refractivity contribution is 7.10. The van der Waals surface area contributed by atoms with Crippen LogP contribution < -0.4 is 10.6 Å². The number of nitrogens with one attached hydrogen (secondary N) is 2. The van der Waals surface area contributed by atoms with Crippen molar-refractivity contribution in [3.05, 3.63) is 21.9 Å². The Balaban J connectivity index is 1.77. The standard InChI is InChI=1S/C13H22N2S/c1-11-4-7-16-12(11)8-15-10-13(2)5-3-6-14-9-13/h4,7,14-15H,3,5-6,8-10H2,1-2H3. The first-order valence-corrected chi connectivity index (χ1v) is 7.02. The zero-order chi connectivity index (χ0) is 11.4. The van der Waals surface area contributed by atoms with Gasteiger partial charge in [-0.3, -0.25) is 0 Å². The number of piperidine rings is 1. The fourth-order valence-electron chi connectivity index (χ4n) is 2.33. The Morgan fingerprint density at radius 2 is 2.44 bits per heavy atom. The van der Waals surface area contributed by atoms with Crippen LogP contribution in [0, 0.1) is 12.3 Å². The highest BCUT2D eigenvalue weighted by atomic mass is 32.1.